The zero-order valence-corrected chi connectivity index (χ0v) is 9.20. The van der Waals surface area contributed by atoms with Crippen molar-refractivity contribution in [1.82, 2.24) is 15.3 Å². The van der Waals surface area contributed by atoms with Crippen molar-refractivity contribution in [3.63, 3.8) is 0 Å². The van der Waals surface area contributed by atoms with Gasteiger partial charge in [-0.3, -0.25) is 0 Å². The van der Waals surface area contributed by atoms with Crippen LogP contribution in [0.15, 0.2) is 16.5 Å². The van der Waals surface area contributed by atoms with Gasteiger partial charge >= 0.3 is 0 Å². The third-order valence-electron chi connectivity index (χ3n) is 2.44. The molecule has 1 aliphatic heterocycles. The summed E-state index contributed by atoms with van der Waals surface area (Å²) in [6, 6.07) is 3.44. The molecule has 84 valence electrons. The Hall–Kier alpha value is -1.17. The van der Waals surface area contributed by atoms with Crippen molar-refractivity contribution in [3.05, 3.63) is 23.2 Å². The number of aromatic nitrogens is 2. The van der Waals surface area contributed by atoms with Gasteiger partial charge in [-0.1, -0.05) is 11.6 Å². The molecule has 1 atom stereocenters. The van der Waals surface area contributed by atoms with E-state index >= 15 is 0 Å². The normalized spacial score (nSPS) is 21.4. The highest BCUT2D eigenvalue weighted by molar-refractivity contribution is 6.29. The minimum Gasteiger partial charge on any atom is -0.436 e. The Balaban J connectivity index is 1.97. The van der Waals surface area contributed by atoms with Gasteiger partial charge in [-0.05, 0) is 12.1 Å². The van der Waals surface area contributed by atoms with Gasteiger partial charge in [0.05, 0.1) is 6.61 Å². The molecule has 2 aromatic heterocycles. The second-order valence-corrected chi connectivity index (χ2v) is 3.96. The fraction of sp³-hybridized carbons (Fsp3) is 0.400. The zero-order valence-electron chi connectivity index (χ0n) is 8.44. The van der Waals surface area contributed by atoms with Crippen LogP contribution in [0.5, 0.6) is 0 Å². The quantitative estimate of drug-likeness (QED) is 0.765. The van der Waals surface area contributed by atoms with Gasteiger partial charge in [0.25, 0.3) is 0 Å². The van der Waals surface area contributed by atoms with Gasteiger partial charge in [-0.25, -0.2) is 4.98 Å². The number of fused-ring (bicyclic) bond motifs is 1. The number of rotatable bonds is 1. The third-order valence-corrected chi connectivity index (χ3v) is 2.65. The number of halogens is 1. The summed E-state index contributed by atoms with van der Waals surface area (Å²) in [7, 11) is 0. The van der Waals surface area contributed by atoms with Crippen molar-refractivity contribution in [2.45, 2.75) is 6.10 Å². The number of nitrogens with one attached hydrogen (secondary N) is 1. The molecule has 6 heteroatoms. The number of morpholine rings is 1. The van der Waals surface area contributed by atoms with Gasteiger partial charge in [-0.15, -0.1) is 0 Å². The molecule has 1 saturated heterocycles. The maximum atomic E-state index is 5.78. The van der Waals surface area contributed by atoms with Gasteiger partial charge in [0.15, 0.2) is 11.2 Å². The predicted octanol–water partition coefficient (Wildman–Crippen LogP) is 1.54. The molecule has 16 heavy (non-hydrogen) atoms. The highest BCUT2D eigenvalue weighted by Crippen LogP contribution is 2.23. The van der Waals surface area contributed by atoms with E-state index in [1.165, 1.54) is 0 Å². The minimum atomic E-state index is -0.137. The van der Waals surface area contributed by atoms with Crippen LogP contribution in [0.1, 0.15) is 12.0 Å². The third kappa shape index (κ3) is 1.77. The molecular weight excluding hydrogens is 230 g/mol. The van der Waals surface area contributed by atoms with E-state index in [1.54, 1.807) is 12.1 Å². The summed E-state index contributed by atoms with van der Waals surface area (Å²) >= 11 is 5.78. The van der Waals surface area contributed by atoms with Crippen molar-refractivity contribution >= 4 is 22.8 Å². The minimum absolute atomic E-state index is 0.137. The number of hydrogen-bond donors (Lipinski definition) is 1. The first-order valence-corrected chi connectivity index (χ1v) is 5.46. The first-order chi connectivity index (χ1) is 7.83. The zero-order chi connectivity index (χ0) is 11.0. The number of nitrogens with zero attached hydrogens (tertiary/aromatic N) is 2. The molecule has 0 saturated carbocycles. The SMILES string of the molecule is Clc1ccc2oc(C3CNCCO3)nc2n1. The van der Waals surface area contributed by atoms with E-state index in [0.29, 0.717) is 35.4 Å². The van der Waals surface area contributed by atoms with E-state index in [-0.39, 0.29) is 6.10 Å². The van der Waals surface area contributed by atoms with Crippen LogP contribution in [0.2, 0.25) is 5.15 Å². The molecule has 0 bridgehead atoms. The van der Waals surface area contributed by atoms with Crippen LogP contribution in [-0.2, 0) is 4.74 Å². The Morgan fingerprint density at radius 1 is 1.38 bits per heavy atom. The van der Waals surface area contributed by atoms with Crippen LogP contribution in [0.4, 0.5) is 0 Å². The van der Waals surface area contributed by atoms with Crippen molar-refractivity contribution < 1.29 is 9.15 Å². The first-order valence-electron chi connectivity index (χ1n) is 5.08. The Morgan fingerprint density at radius 2 is 2.31 bits per heavy atom. The van der Waals surface area contributed by atoms with Gasteiger partial charge in [0, 0.05) is 13.1 Å². The van der Waals surface area contributed by atoms with Gasteiger partial charge in [-0.2, -0.15) is 4.98 Å². The standard InChI is InChI=1S/C10H10ClN3O2/c11-8-2-1-6-9(13-8)14-10(16-6)7-5-12-3-4-15-7/h1-2,7,12H,3-5H2. The average molecular weight is 240 g/mol. The van der Waals surface area contributed by atoms with Gasteiger partial charge in [0.1, 0.15) is 11.3 Å². The highest BCUT2D eigenvalue weighted by Gasteiger charge is 2.21. The fourth-order valence-electron chi connectivity index (χ4n) is 1.67. The lowest BCUT2D eigenvalue weighted by atomic mass is 10.3. The Labute approximate surface area is 96.8 Å². The second kappa shape index (κ2) is 4.01. The molecule has 3 rings (SSSR count). The fourth-order valence-corrected chi connectivity index (χ4v) is 1.82. The Bertz CT molecular complexity index is 508. The molecule has 0 amide bonds. The van der Waals surface area contributed by atoms with Gasteiger partial charge in [0.2, 0.25) is 5.89 Å². The molecule has 1 fully saturated rings. The average Bonchev–Trinajstić information content (AvgIpc) is 2.73. The summed E-state index contributed by atoms with van der Waals surface area (Å²) in [6.07, 6.45) is -0.137. The van der Waals surface area contributed by atoms with E-state index in [4.69, 9.17) is 20.8 Å². The second-order valence-electron chi connectivity index (χ2n) is 3.57. The molecule has 1 aliphatic rings. The molecule has 3 heterocycles. The summed E-state index contributed by atoms with van der Waals surface area (Å²) in [6.45, 7) is 2.24. The number of hydrogen-bond acceptors (Lipinski definition) is 5. The summed E-state index contributed by atoms with van der Waals surface area (Å²) in [5, 5.41) is 3.63. The smallest absolute Gasteiger partial charge is 0.227 e. The Morgan fingerprint density at radius 3 is 3.12 bits per heavy atom. The molecular formula is C10H10ClN3O2. The predicted molar refractivity (Wildman–Crippen MR) is 58.4 cm³/mol. The number of pyridine rings is 1. The van der Waals surface area contributed by atoms with E-state index in [1.807, 2.05) is 0 Å². The van der Waals surface area contributed by atoms with Crippen LogP contribution in [0, 0.1) is 0 Å². The van der Waals surface area contributed by atoms with Crippen molar-refractivity contribution in [3.8, 4) is 0 Å². The maximum Gasteiger partial charge on any atom is 0.227 e. The first kappa shape index (κ1) is 10.0. The lowest BCUT2D eigenvalue weighted by molar-refractivity contribution is 0.0118. The van der Waals surface area contributed by atoms with Crippen molar-refractivity contribution in [2.75, 3.05) is 19.7 Å². The van der Waals surface area contributed by atoms with E-state index < -0.39 is 0 Å². The summed E-state index contributed by atoms with van der Waals surface area (Å²) in [4.78, 5) is 8.35. The van der Waals surface area contributed by atoms with Crippen LogP contribution in [0.25, 0.3) is 11.2 Å². The molecule has 1 N–H and O–H groups in total. The van der Waals surface area contributed by atoms with Gasteiger partial charge < -0.3 is 14.5 Å². The number of ether oxygens (including phenoxy) is 1. The Kier molecular flexibility index (Phi) is 2.51. The largest absolute Gasteiger partial charge is 0.436 e. The number of oxazole rings is 1. The lowest BCUT2D eigenvalue weighted by Crippen LogP contribution is -2.33. The van der Waals surface area contributed by atoms with Crippen LogP contribution in [0.3, 0.4) is 0 Å². The summed E-state index contributed by atoms with van der Waals surface area (Å²) in [5.41, 5.74) is 1.16. The molecule has 5 nitrogen and oxygen atoms in total. The molecule has 1 unspecified atom stereocenters. The van der Waals surface area contributed by atoms with E-state index in [2.05, 4.69) is 15.3 Å². The van der Waals surface area contributed by atoms with Crippen molar-refractivity contribution in [2.24, 2.45) is 0 Å². The maximum absolute atomic E-state index is 5.78. The molecule has 2 aromatic rings. The van der Waals surface area contributed by atoms with Crippen LogP contribution < -0.4 is 5.32 Å². The molecule has 0 aliphatic carbocycles. The topological polar surface area (TPSA) is 60.2 Å². The molecule has 0 spiro atoms. The molecule has 0 aromatic carbocycles. The monoisotopic (exact) mass is 239 g/mol. The van der Waals surface area contributed by atoms with E-state index in [9.17, 15) is 0 Å². The van der Waals surface area contributed by atoms with Crippen LogP contribution in [-0.4, -0.2) is 29.7 Å². The van der Waals surface area contributed by atoms with Crippen LogP contribution >= 0.6 is 11.6 Å². The highest BCUT2D eigenvalue weighted by atomic mass is 35.5. The summed E-state index contributed by atoms with van der Waals surface area (Å²) in [5.74, 6) is 0.553. The van der Waals surface area contributed by atoms with E-state index in [0.717, 1.165) is 6.54 Å². The molecule has 0 radical (unpaired) electrons. The lowest BCUT2D eigenvalue weighted by Gasteiger charge is -2.20. The summed E-state index contributed by atoms with van der Waals surface area (Å²) < 4.78 is 11.1. The van der Waals surface area contributed by atoms with Crippen molar-refractivity contribution in [1.29, 1.82) is 0 Å².